The van der Waals surface area contributed by atoms with Gasteiger partial charge in [0.1, 0.15) is 0 Å². The van der Waals surface area contributed by atoms with Crippen LogP contribution in [0.2, 0.25) is 0 Å². The number of hydrogen-bond acceptors (Lipinski definition) is 2. The summed E-state index contributed by atoms with van der Waals surface area (Å²) in [6.07, 6.45) is -4.69. The molecule has 0 aromatic heterocycles. The Labute approximate surface area is 85.5 Å². The van der Waals surface area contributed by atoms with E-state index in [-0.39, 0.29) is 12.1 Å². The van der Waals surface area contributed by atoms with Crippen molar-refractivity contribution in [3.63, 3.8) is 0 Å². The molecule has 1 atom stereocenters. The highest BCUT2D eigenvalue weighted by molar-refractivity contribution is 5.28. The van der Waals surface area contributed by atoms with Crippen molar-refractivity contribution in [2.45, 2.75) is 25.2 Å². The van der Waals surface area contributed by atoms with Crippen molar-refractivity contribution in [2.75, 3.05) is 0 Å². The molecule has 1 aromatic carbocycles. The number of benzene rings is 1. The molecule has 15 heavy (non-hydrogen) atoms. The van der Waals surface area contributed by atoms with Gasteiger partial charge >= 0.3 is 6.18 Å². The van der Waals surface area contributed by atoms with Crippen LogP contribution in [0.5, 0.6) is 0 Å². The highest BCUT2D eigenvalue weighted by Gasteiger charge is 2.51. The van der Waals surface area contributed by atoms with Gasteiger partial charge in [-0.1, -0.05) is 24.3 Å². The van der Waals surface area contributed by atoms with Gasteiger partial charge in [-0.3, -0.25) is 0 Å². The lowest BCUT2D eigenvalue weighted by molar-refractivity contribution is -0.258. The standard InChI is InChI=1S/C10H12F3NO/c1-9(15,10(11,12)13)8-4-2-3-7(5-8)6-14/h2-5,15H,6,14H2,1H3/t9-/m0/s1. The molecule has 0 saturated carbocycles. The maximum absolute atomic E-state index is 12.5. The third-order valence-electron chi connectivity index (χ3n) is 2.28. The van der Waals surface area contributed by atoms with E-state index in [2.05, 4.69) is 0 Å². The van der Waals surface area contributed by atoms with Crippen molar-refractivity contribution in [2.24, 2.45) is 5.73 Å². The van der Waals surface area contributed by atoms with Gasteiger partial charge in [0.15, 0.2) is 5.60 Å². The van der Waals surface area contributed by atoms with Crippen molar-refractivity contribution < 1.29 is 18.3 Å². The van der Waals surface area contributed by atoms with Gasteiger partial charge in [-0.25, -0.2) is 0 Å². The summed E-state index contributed by atoms with van der Waals surface area (Å²) < 4.78 is 37.4. The zero-order valence-corrected chi connectivity index (χ0v) is 8.17. The molecule has 0 heterocycles. The quantitative estimate of drug-likeness (QED) is 0.798. The number of hydrogen-bond donors (Lipinski definition) is 2. The summed E-state index contributed by atoms with van der Waals surface area (Å²) in [5.74, 6) is 0. The Hall–Kier alpha value is -1.07. The highest BCUT2D eigenvalue weighted by Crippen LogP contribution is 2.38. The Bertz CT molecular complexity index is 347. The summed E-state index contributed by atoms with van der Waals surface area (Å²) in [5.41, 5.74) is 2.83. The third-order valence-corrected chi connectivity index (χ3v) is 2.28. The first-order valence-corrected chi connectivity index (χ1v) is 4.37. The fourth-order valence-corrected chi connectivity index (χ4v) is 1.16. The molecule has 0 fully saturated rings. The second-order valence-corrected chi connectivity index (χ2v) is 3.47. The van der Waals surface area contributed by atoms with Crippen LogP contribution in [0.4, 0.5) is 13.2 Å². The van der Waals surface area contributed by atoms with Gasteiger partial charge in [0.25, 0.3) is 0 Å². The van der Waals surface area contributed by atoms with E-state index in [1.807, 2.05) is 0 Å². The van der Waals surface area contributed by atoms with Crippen molar-refractivity contribution in [1.82, 2.24) is 0 Å². The van der Waals surface area contributed by atoms with Crippen LogP contribution < -0.4 is 5.73 Å². The molecular weight excluding hydrogens is 207 g/mol. The predicted molar refractivity (Wildman–Crippen MR) is 50.0 cm³/mol. The highest BCUT2D eigenvalue weighted by atomic mass is 19.4. The number of aliphatic hydroxyl groups is 1. The van der Waals surface area contributed by atoms with Crippen LogP contribution in [0.3, 0.4) is 0 Å². The second-order valence-electron chi connectivity index (χ2n) is 3.47. The molecule has 84 valence electrons. The van der Waals surface area contributed by atoms with Crippen molar-refractivity contribution in [3.05, 3.63) is 35.4 Å². The number of alkyl halides is 3. The maximum atomic E-state index is 12.5. The average molecular weight is 219 g/mol. The van der Waals surface area contributed by atoms with Crippen LogP contribution in [0.15, 0.2) is 24.3 Å². The Morgan fingerprint density at radius 3 is 2.40 bits per heavy atom. The first-order chi connectivity index (χ1) is 6.79. The molecule has 1 rings (SSSR count). The van der Waals surface area contributed by atoms with Crippen LogP contribution in [0.1, 0.15) is 18.1 Å². The number of halogens is 3. The predicted octanol–water partition coefficient (Wildman–Crippen LogP) is 1.92. The smallest absolute Gasteiger partial charge is 0.376 e. The van der Waals surface area contributed by atoms with E-state index in [4.69, 9.17) is 5.73 Å². The van der Waals surface area contributed by atoms with Crippen LogP contribution >= 0.6 is 0 Å². The molecule has 3 N–H and O–H groups in total. The molecule has 2 nitrogen and oxygen atoms in total. The molecule has 0 aliphatic rings. The van der Waals surface area contributed by atoms with E-state index < -0.39 is 11.8 Å². The van der Waals surface area contributed by atoms with E-state index in [1.54, 1.807) is 6.07 Å². The van der Waals surface area contributed by atoms with E-state index in [0.717, 1.165) is 6.92 Å². The van der Waals surface area contributed by atoms with Gasteiger partial charge in [0.05, 0.1) is 0 Å². The minimum Gasteiger partial charge on any atom is -0.376 e. The molecule has 1 aromatic rings. The SMILES string of the molecule is C[C@](O)(c1cccc(CN)c1)C(F)(F)F. The van der Waals surface area contributed by atoms with Gasteiger partial charge in [-0.2, -0.15) is 13.2 Å². The minimum absolute atomic E-state index is 0.141. The zero-order chi connectivity index (χ0) is 11.7. The zero-order valence-electron chi connectivity index (χ0n) is 8.17. The summed E-state index contributed by atoms with van der Waals surface area (Å²) in [6, 6.07) is 5.54. The van der Waals surface area contributed by atoms with Crippen molar-refractivity contribution >= 4 is 0 Å². The summed E-state index contributed by atoms with van der Waals surface area (Å²) in [7, 11) is 0. The maximum Gasteiger partial charge on any atom is 0.421 e. The molecule has 0 aliphatic carbocycles. The minimum atomic E-state index is -4.69. The monoisotopic (exact) mass is 219 g/mol. The van der Waals surface area contributed by atoms with Crippen LogP contribution in [-0.2, 0) is 12.1 Å². The van der Waals surface area contributed by atoms with E-state index in [0.29, 0.717) is 5.56 Å². The fraction of sp³-hybridized carbons (Fsp3) is 0.400. The van der Waals surface area contributed by atoms with Gasteiger partial charge in [0, 0.05) is 6.54 Å². The largest absolute Gasteiger partial charge is 0.421 e. The summed E-state index contributed by atoms with van der Waals surface area (Å²) in [4.78, 5) is 0. The summed E-state index contributed by atoms with van der Waals surface area (Å²) in [5, 5.41) is 9.38. The van der Waals surface area contributed by atoms with Crippen molar-refractivity contribution in [1.29, 1.82) is 0 Å². The van der Waals surface area contributed by atoms with Crippen molar-refractivity contribution in [3.8, 4) is 0 Å². The molecule has 0 bridgehead atoms. The number of nitrogens with two attached hydrogens (primary N) is 1. The van der Waals surface area contributed by atoms with Crippen LogP contribution in [0, 0.1) is 0 Å². The average Bonchev–Trinajstić information content (AvgIpc) is 2.16. The van der Waals surface area contributed by atoms with Gasteiger partial charge in [-0.15, -0.1) is 0 Å². The Kier molecular flexibility index (Phi) is 3.06. The first-order valence-electron chi connectivity index (χ1n) is 4.37. The molecule has 0 radical (unpaired) electrons. The summed E-state index contributed by atoms with van der Waals surface area (Å²) in [6.45, 7) is 0.865. The van der Waals surface area contributed by atoms with E-state index >= 15 is 0 Å². The fourth-order valence-electron chi connectivity index (χ4n) is 1.16. The summed E-state index contributed by atoms with van der Waals surface area (Å²) >= 11 is 0. The first kappa shape index (κ1) is 12.0. The Morgan fingerprint density at radius 2 is 1.93 bits per heavy atom. The second kappa shape index (κ2) is 3.83. The lowest BCUT2D eigenvalue weighted by Gasteiger charge is -2.27. The molecule has 0 spiro atoms. The van der Waals surface area contributed by atoms with E-state index in [1.165, 1.54) is 18.2 Å². The lowest BCUT2D eigenvalue weighted by Crippen LogP contribution is -2.39. The molecule has 0 amide bonds. The molecular formula is C10H12F3NO. The molecule has 5 heteroatoms. The van der Waals surface area contributed by atoms with Gasteiger partial charge in [-0.05, 0) is 18.1 Å². The lowest BCUT2D eigenvalue weighted by atomic mass is 9.94. The van der Waals surface area contributed by atoms with Gasteiger partial charge in [0.2, 0.25) is 0 Å². The van der Waals surface area contributed by atoms with Crippen LogP contribution in [0.25, 0.3) is 0 Å². The topological polar surface area (TPSA) is 46.2 Å². The molecule has 0 saturated heterocycles. The molecule has 0 unspecified atom stereocenters. The number of rotatable bonds is 2. The molecule has 0 aliphatic heterocycles. The van der Waals surface area contributed by atoms with E-state index in [9.17, 15) is 18.3 Å². The Morgan fingerprint density at radius 1 is 1.33 bits per heavy atom. The Balaban J connectivity index is 3.15. The normalized spacial score (nSPS) is 16.1. The third kappa shape index (κ3) is 2.30. The van der Waals surface area contributed by atoms with Gasteiger partial charge < -0.3 is 10.8 Å². The van der Waals surface area contributed by atoms with Crippen LogP contribution in [-0.4, -0.2) is 11.3 Å².